The summed E-state index contributed by atoms with van der Waals surface area (Å²) in [5.41, 5.74) is 8.69. The van der Waals surface area contributed by atoms with E-state index in [-0.39, 0.29) is 17.1 Å². The van der Waals surface area contributed by atoms with Gasteiger partial charge in [-0.05, 0) is 37.1 Å². The van der Waals surface area contributed by atoms with Crippen molar-refractivity contribution in [3.63, 3.8) is 0 Å². The Morgan fingerprint density at radius 1 is 1.15 bits per heavy atom. The molecule has 0 spiro atoms. The summed E-state index contributed by atoms with van der Waals surface area (Å²) < 4.78 is 13.3. The van der Waals surface area contributed by atoms with E-state index in [1.54, 1.807) is 23.9 Å². The molecule has 0 aliphatic heterocycles. The van der Waals surface area contributed by atoms with Crippen molar-refractivity contribution >= 4 is 11.8 Å². The first-order chi connectivity index (χ1) is 9.60. The van der Waals surface area contributed by atoms with Gasteiger partial charge in [0.25, 0.3) is 0 Å². The fourth-order valence-corrected chi connectivity index (χ4v) is 3.43. The van der Waals surface area contributed by atoms with Crippen LogP contribution >= 0.6 is 11.8 Å². The van der Waals surface area contributed by atoms with Gasteiger partial charge in [-0.3, -0.25) is 0 Å². The minimum Gasteiger partial charge on any atom is -0.326 e. The zero-order chi connectivity index (χ0) is 14.5. The molecule has 0 bridgehead atoms. The lowest BCUT2D eigenvalue weighted by atomic mass is 10.0. The molecular formula is C17H20FNS. The molecular weight excluding hydrogens is 269 g/mol. The van der Waals surface area contributed by atoms with Gasteiger partial charge in [0.2, 0.25) is 0 Å². The zero-order valence-electron chi connectivity index (χ0n) is 11.8. The van der Waals surface area contributed by atoms with Gasteiger partial charge < -0.3 is 5.73 Å². The van der Waals surface area contributed by atoms with Gasteiger partial charge in [-0.15, -0.1) is 11.8 Å². The topological polar surface area (TPSA) is 26.0 Å². The van der Waals surface area contributed by atoms with E-state index in [1.165, 1.54) is 17.2 Å². The third kappa shape index (κ3) is 3.84. The summed E-state index contributed by atoms with van der Waals surface area (Å²) in [7, 11) is 0. The van der Waals surface area contributed by atoms with Gasteiger partial charge >= 0.3 is 0 Å². The lowest BCUT2D eigenvalue weighted by Gasteiger charge is -2.23. The summed E-state index contributed by atoms with van der Waals surface area (Å²) in [6, 6.07) is 15.1. The Hall–Kier alpha value is -1.32. The van der Waals surface area contributed by atoms with Crippen LogP contribution in [0.3, 0.4) is 0 Å². The maximum absolute atomic E-state index is 13.3. The third-order valence-corrected chi connectivity index (χ3v) is 4.69. The van der Waals surface area contributed by atoms with E-state index in [4.69, 9.17) is 5.73 Å². The highest BCUT2D eigenvalue weighted by atomic mass is 32.2. The average Bonchev–Trinajstić information content (AvgIpc) is 2.44. The summed E-state index contributed by atoms with van der Waals surface area (Å²) in [5.74, 6) is -0.205. The number of nitrogens with two attached hydrogens (primary N) is 1. The molecule has 0 amide bonds. The fourth-order valence-electron chi connectivity index (χ4n) is 2.15. The third-order valence-electron chi connectivity index (χ3n) is 3.29. The van der Waals surface area contributed by atoms with Gasteiger partial charge in [-0.2, -0.15) is 0 Å². The summed E-state index contributed by atoms with van der Waals surface area (Å²) in [4.78, 5) is 0.917. The molecule has 0 aromatic heterocycles. The Morgan fingerprint density at radius 3 is 2.55 bits per heavy atom. The molecule has 20 heavy (non-hydrogen) atoms. The van der Waals surface area contributed by atoms with Crippen molar-refractivity contribution in [3.8, 4) is 0 Å². The van der Waals surface area contributed by atoms with Crippen LogP contribution in [0.1, 0.15) is 29.7 Å². The minimum absolute atomic E-state index is 0.0464. The van der Waals surface area contributed by atoms with Crippen molar-refractivity contribution in [2.75, 3.05) is 0 Å². The summed E-state index contributed by atoms with van der Waals surface area (Å²) in [6.07, 6.45) is 0.890. The van der Waals surface area contributed by atoms with E-state index in [1.807, 2.05) is 12.1 Å². The maximum atomic E-state index is 13.3. The first kappa shape index (κ1) is 15.1. The smallest absolute Gasteiger partial charge is 0.124 e. The van der Waals surface area contributed by atoms with Crippen LogP contribution < -0.4 is 5.73 Å². The average molecular weight is 289 g/mol. The van der Waals surface area contributed by atoms with E-state index in [0.29, 0.717) is 0 Å². The molecule has 1 nitrogen and oxygen atoms in total. The second-order valence-electron chi connectivity index (χ2n) is 4.98. The molecule has 2 aromatic rings. The fraction of sp³-hybridized carbons (Fsp3) is 0.294. The molecule has 0 radical (unpaired) electrons. The number of rotatable bonds is 5. The molecule has 2 atom stereocenters. The Kier molecular flexibility index (Phi) is 5.21. The molecule has 2 unspecified atom stereocenters. The highest BCUT2D eigenvalue weighted by Gasteiger charge is 2.20. The Bertz CT molecular complexity index is 570. The molecule has 106 valence electrons. The van der Waals surface area contributed by atoms with E-state index >= 15 is 0 Å². The summed E-state index contributed by atoms with van der Waals surface area (Å²) in [6.45, 7) is 4.16. The van der Waals surface area contributed by atoms with Crippen LogP contribution in [0, 0.1) is 12.7 Å². The summed E-state index contributed by atoms with van der Waals surface area (Å²) in [5, 5.41) is 0.140. The second-order valence-corrected chi connectivity index (χ2v) is 6.20. The molecule has 2 N–H and O–H groups in total. The van der Waals surface area contributed by atoms with Crippen LogP contribution in [-0.4, -0.2) is 6.04 Å². The molecule has 0 fully saturated rings. The van der Waals surface area contributed by atoms with E-state index < -0.39 is 0 Å². The maximum Gasteiger partial charge on any atom is 0.124 e. The normalized spacial score (nSPS) is 14.0. The molecule has 0 aliphatic rings. The first-order valence-corrected chi connectivity index (χ1v) is 7.72. The SMILES string of the molecule is CCC(N)C(Sc1cccc(F)c1)c1cccc(C)c1. The quantitative estimate of drug-likeness (QED) is 0.807. The minimum atomic E-state index is -0.205. The Balaban J connectivity index is 2.29. The standard InChI is InChI=1S/C17H20FNS/c1-3-16(19)17(13-7-4-6-12(2)10-13)20-15-9-5-8-14(18)11-15/h4-11,16-17H,3,19H2,1-2H3. The lowest BCUT2D eigenvalue weighted by molar-refractivity contribution is 0.622. The van der Waals surface area contributed by atoms with Gasteiger partial charge in [-0.1, -0.05) is 42.8 Å². The number of benzene rings is 2. The number of hydrogen-bond acceptors (Lipinski definition) is 2. The van der Waals surface area contributed by atoms with Crippen molar-refractivity contribution in [2.24, 2.45) is 5.73 Å². The Morgan fingerprint density at radius 2 is 1.90 bits per heavy atom. The number of thioether (sulfide) groups is 1. The molecule has 2 rings (SSSR count). The number of aryl methyl sites for hydroxylation is 1. The molecule has 0 saturated carbocycles. The molecule has 3 heteroatoms. The van der Waals surface area contributed by atoms with Gasteiger partial charge in [0.15, 0.2) is 0 Å². The van der Waals surface area contributed by atoms with Crippen LogP contribution in [0.2, 0.25) is 0 Å². The largest absolute Gasteiger partial charge is 0.326 e. The van der Waals surface area contributed by atoms with Gasteiger partial charge in [0, 0.05) is 16.2 Å². The zero-order valence-corrected chi connectivity index (χ0v) is 12.7. The van der Waals surface area contributed by atoms with Crippen molar-refractivity contribution in [1.29, 1.82) is 0 Å². The van der Waals surface area contributed by atoms with Gasteiger partial charge in [0.05, 0.1) is 0 Å². The molecule has 2 aromatic carbocycles. The van der Waals surface area contributed by atoms with Crippen molar-refractivity contribution in [2.45, 2.75) is 36.5 Å². The van der Waals surface area contributed by atoms with Gasteiger partial charge in [0.1, 0.15) is 5.82 Å². The van der Waals surface area contributed by atoms with Crippen LogP contribution in [0.5, 0.6) is 0 Å². The monoisotopic (exact) mass is 289 g/mol. The first-order valence-electron chi connectivity index (χ1n) is 6.84. The highest BCUT2D eigenvalue weighted by Crippen LogP contribution is 2.38. The Labute approximate surface area is 124 Å². The highest BCUT2D eigenvalue weighted by molar-refractivity contribution is 7.99. The van der Waals surface area contributed by atoms with Crippen LogP contribution in [0.25, 0.3) is 0 Å². The van der Waals surface area contributed by atoms with Crippen molar-refractivity contribution in [3.05, 3.63) is 65.5 Å². The number of hydrogen-bond donors (Lipinski definition) is 1. The van der Waals surface area contributed by atoms with E-state index in [2.05, 4.69) is 32.0 Å². The van der Waals surface area contributed by atoms with Crippen molar-refractivity contribution < 1.29 is 4.39 Å². The van der Waals surface area contributed by atoms with Crippen LogP contribution in [0.4, 0.5) is 4.39 Å². The van der Waals surface area contributed by atoms with E-state index in [9.17, 15) is 4.39 Å². The second kappa shape index (κ2) is 6.91. The van der Waals surface area contributed by atoms with Crippen LogP contribution in [-0.2, 0) is 0 Å². The molecule has 0 saturated heterocycles. The van der Waals surface area contributed by atoms with Crippen molar-refractivity contribution in [1.82, 2.24) is 0 Å². The van der Waals surface area contributed by atoms with Crippen LogP contribution in [0.15, 0.2) is 53.4 Å². The molecule has 0 heterocycles. The predicted molar refractivity (Wildman–Crippen MR) is 84.4 cm³/mol. The lowest BCUT2D eigenvalue weighted by Crippen LogP contribution is -2.25. The predicted octanol–water partition coefficient (Wildman–Crippen LogP) is 4.70. The van der Waals surface area contributed by atoms with E-state index in [0.717, 1.165) is 11.3 Å². The summed E-state index contributed by atoms with van der Waals surface area (Å²) >= 11 is 1.63. The molecule has 0 aliphatic carbocycles. The van der Waals surface area contributed by atoms with Gasteiger partial charge in [-0.25, -0.2) is 4.39 Å². The number of halogens is 1.